The van der Waals surface area contributed by atoms with Crippen LogP contribution >= 0.6 is 0 Å². The highest BCUT2D eigenvalue weighted by Crippen LogP contribution is 2.24. The molecule has 1 unspecified atom stereocenters. The van der Waals surface area contributed by atoms with Crippen LogP contribution in [-0.4, -0.2) is 31.3 Å². The molecule has 0 radical (unpaired) electrons. The smallest absolute Gasteiger partial charge is 0.407 e. The molecule has 2 amide bonds. The van der Waals surface area contributed by atoms with E-state index in [4.69, 9.17) is 20.8 Å². The van der Waals surface area contributed by atoms with Crippen molar-refractivity contribution in [3.05, 3.63) is 0 Å². The topological polar surface area (TPSA) is 90.7 Å². The first-order chi connectivity index (χ1) is 12.6. The molecule has 0 aromatic heterocycles. The van der Waals surface area contributed by atoms with Crippen molar-refractivity contribution in [2.75, 3.05) is 13.1 Å². The zero-order valence-corrected chi connectivity index (χ0v) is 10.1. The summed E-state index contributed by atoms with van der Waals surface area (Å²) in [5, 5.41) is 1.32. The summed E-state index contributed by atoms with van der Waals surface area (Å²) in [5.41, 5.74) is 2.46. The minimum Gasteiger partial charge on any atom is -0.449 e. The van der Waals surface area contributed by atoms with Gasteiger partial charge in [-0.1, -0.05) is 20.3 Å². The monoisotopic (exact) mass is 271 g/mol. The van der Waals surface area contributed by atoms with Crippen LogP contribution in [0.1, 0.15) is 55.5 Å². The Bertz CT molecular complexity index is 606. The number of hydrogen-bond donors (Lipinski definition) is 2. The number of amides is 2. The molecule has 6 heteroatoms. The van der Waals surface area contributed by atoms with Crippen molar-refractivity contribution in [3.63, 3.8) is 0 Å². The van der Waals surface area contributed by atoms with Gasteiger partial charge in [-0.25, -0.2) is 9.59 Å². The molecule has 0 saturated heterocycles. The summed E-state index contributed by atoms with van der Waals surface area (Å²) in [6.07, 6.45) is -3.70. The molecule has 18 heavy (non-hydrogen) atoms. The lowest BCUT2D eigenvalue weighted by Gasteiger charge is -2.27. The van der Waals surface area contributed by atoms with Gasteiger partial charge in [0.1, 0.15) is 13.1 Å². The number of ether oxygens (including phenoxy) is 2. The van der Waals surface area contributed by atoms with Crippen molar-refractivity contribution < 1.29 is 34.1 Å². The number of rotatable bonds is 7. The molecule has 0 aromatic rings. The average molecular weight is 271 g/mol. The van der Waals surface area contributed by atoms with Crippen LogP contribution in [0.3, 0.4) is 0 Å². The quantitative estimate of drug-likeness (QED) is 0.741. The van der Waals surface area contributed by atoms with Gasteiger partial charge in [-0.05, 0) is 20.1 Å². The zero-order chi connectivity index (χ0) is 23.7. The maximum Gasteiger partial charge on any atom is 0.407 e. The van der Waals surface area contributed by atoms with E-state index < -0.39 is 50.4 Å². The van der Waals surface area contributed by atoms with Gasteiger partial charge in [-0.2, -0.15) is 0 Å². The van der Waals surface area contributed by atoms with Crippen molar-refractivity contribution in [2.24, 2.45) is 11.1 Å². The third-order valence-corrected chi connectivity index (χ3v) is 1.72. The number of nitrogens with one attached hydrogen (secondary N) is 1. The molecular weight excluding hydrogens is 236 g/mol. The summed E-state index contributed by atoms with van der Waals surface area (Å²) < 4.78 is 91.6. The molecule has 3 N–H and O–H groups in total. The largest absolute Gasteiger partial charge is 0.449 e. The number of hydrogen-bond acceptors (Lipinski definition) is 4. The Balaban J connectivity index is 5.96. The first-order valence-corrected chi connectivity index (χ1v) is 5.07. The van der Waals surface area contributed by atoms with E-state index in [1.54, 1.807) is 0 Å². The van der Waals surface area contributed by atoms with Gasteiger partial charge in [0.05, 0.1) is 6.85 Å². The second-order valence-corrected chi connectivity index (χ2v) is 3.60. The fraction of sp³-hybridized carbons (Fsp3) is 0.833. The van der Waals surface area contributed by atoms with Gasteiger partial charge in [0.2, 0.25) is 0 Å². The molecule has 106 valence electrons. The molecule has 0 fully saturated rings. The van der Waals surface area contributed by atoms with Gasteiger partial charge in [-0.15, -0.1) is 0 Å². The first kappa shape index (κ1) is 5.67. The van der Waals surface area contributed by atoms with Crippen LogP contribution in [0.2, 0.25) is 0 Å². The van der Waals surface area contributed by atoms with Crippen molar-refractivity contribution in [2.45, 2.75) is 46.4 Å². The van der Waals surface area contributed by atoms with Gasteiger partial charge in [0.25, 0.3) is 0 Å². The van der Waals surface area contributed by atoms with E-state index in [1.165, 1.54) is 12.2 Å². The van der Waals surface area contributed by atoms with Gasteiger partial charge in [-0.3, -0.25) is 0 Å². The summed E-state index contributed by atoms with van der Waals surface area (Å²) in [7, 11) is 0. The number of nitrogens with two attached hydrogens (primary N) is 1. The summed E-state index contributed by atoms with van der Waals surface area (Å²) in [6, 6.07) is -3.53. The number of primary amides is 1. The van der Waals surface area contributed by atoms with Crippen LogP contribution in [0.15, 0.2) is 0 Å². The average Bonchev–Trinajstić information content (AvgIpc) is 2.42. The fourth-order valence-electron chi connectivity index (χ4n) is 1.07. The molecule has 6 nitrogen and oxygen atoms in total. The SMILES string of the molecule is [2H]C([2H])([2H])C([2H])(NC(=O)OC([2H])([2H])C(C)(CCC)C([2H])([2H])OC(N)=O)C([2H])([2H])[2H]. The van der Waals surface area contributed by atoms with Crippen LogP contribution < -0.4 is 11.1 Å². The molecule has 0 aliphatic rings. The molecule has 1 atom stereocenters. The van der Waals surface area contributed by atoms with E-state index in [0.717, 1.165) is 6.92 Å². The number of alkyl carbamates (subject to hydrolysis) is 1. The fourth-order valence-corrected chi connectivity index (χ4v) is 1.07. The Hall–Kier alpha value is -1.46. The highest BCUT2D eigenvalue weighted by atomic mass is 16.6. The van der Waals surface area contributed by atoms with Crippen LogP contribution in [0.4, 0.5) is 9.59 Å². The van der Waals surface area contributed by atoms with Gasteiger partial charge in [0.15, 0.2) is 0 Å². The molecule has 0 heterocycles. The van der Waals surface area contributed by atoms with E-state index in [-0.39, 0.29) is 12.8 Å². The Morgan fingerprint density at radius 3 is 2.61 bits per heavy atom. The third kappa shape index (κ3) is 7.76. The molecular formula is C12H24N2O4. The van der Waals surface area contributed by atoms with E-state index >= 15 is 0 Å². The van der Waals surface area contributed by atoms with E-state index in [9.17, 15) is 9.59 Å². The number of carbonyl (C=O) groups is 2. The van der Waals surface area contributed by atoms with E-state index in [1.807, 2.05) is 0 Å². The van der Waals surface area contributed by atoms with Crippen molar-refractivity contribution in [3.8, 4) is 0 Å². The minimum atomic E-state index is -3.54. The minimum absolute atomic E-state index is 0.134. The summed E-state index contributed by atoms with van der Waals surface area (Å²) >= 11 is 0. The molecule has 0 aliphatic heterocycles. The van der Waals surface area contributed by atoms with Gasteiger partial charge in [0, 0.05) is 19.7 Å². The zero-order valence-electron chi connectivity index (χ0n) is 21.1. The highest BCUT2D eigenvalue weighted by molar-refractivity contribution is 5.67. The second kappa shape index (κ2) is 7.79. The van der Waals surface area contributed by atoms with Crippen LogP contribution in [0, 0.1) is 5.41 Å². The van der Waals surface area contributed by atoms with Crippen LogP contribution in [-0.2, 0) is 9.47 Å². The molecule has 0 aromatic carbocycles. The van der Waals surface area contributed by atoms with Crippen LogP contribution in [0.5, 0.6) is 0 Å². The Morgan fingerprint density at radius 2 is 2.11 bits per heavy atom. The lowest BCUT2D eigenvalue weighted by atomic mass is 9.87. The van der Waals surface area contributed by atoms with Crippen LogP contribution in [0.25, 0.3) is 0 Å². The summed E-state index contributed by atoms with van der Waals surface area (Å²) in [4.78, 5) is 23.1. The predicted octanol–water partition coefficient (Wildman–Crippen LogP) is 2.02. The first-order valence-electron chi connectivity index (χ1n) is 10.6. The highest BCUT2D eigenvalue weighted by Gasteiger charge is 2.27. The third-order valence-electron chi connectivity index (χ3n) is 1.72. The van der Waals surface area contributed by atoms with Crippen molar-refractivity contribution >= 4 is 12.2 Å². The normalized spacial score (nSPS) is 26.4. The summed E-state index contributed by atoms with van der Waals surface area (Å²) in [6.45, 7) is -10.9. The second-order valence-electron chi connectivity index (χ2n) is 3.60. The standard InChI is InChI=1S/C12H24N2O4/c1-5-6-12(4,7-17-10(13)15)8-18-11(16)14-9(2)3/h9H,5-8H2,1-4H3,(H2,13,15)(H,14,16)/i2D3,3D3,7D2,8D2,9D. The lowest BCUT2D eigenvalue weighted by molar-refractivity contribution is 0.0333. The Kier molecular flexibility index (Phi) is 2.45. The molecule has 0 spiro atoms. The Labute approximate surface area is 124 Å². The maximum absolute atomic E-state index is 12.1. The van der Waals surface area contributed by atoms with Gasteiger partial charge < -0.3 is 20.5 Å². The van der Waals surface area contributed by atoms with Crippen molar-refractivity contribution in [1.29, 1.82) is 0 Å². The van der Waals surface area contributed by atoms with Gasteiger partial charge >= 0.3 is 12.2 Å². The van der Waals surface area contributed by atoms with Crippen molar-refractivity contribution in [1.82, 2.24) is 5.32 Å². The number of carbonyl (C=O) groups excluding carboxylic acids is 2. The molecule has 0 saturated carbocycles. The molecule has 0 aliphatic carbocycles. The Morgan fingerprint density at radius 1 is 1.50 bits per heavy atom. The van der Waals surface area contributed by atoms with E-state index in [0.29, 0.717) is 0 Å². The molecule has 0 rings (SSSR count). The predicted molar refractivity (Wildman–Crippen MR) is 68.2 cm³/mol. The summed E-state index contributed by atoms with van der Waals surface area (Å²) in [5.74, 6) is 0. The lowest BCUT2D eigenvalue weighted by Crippen LogP contribution is -2.37. The molecule has 0 bridgehead atoms. The van der Waals surface area contributed by atoms with E-state index in [2.05, 4.69) is 9.47 Å². The maximum atomic E-state index is 12.1.